The Kier molecular flexibility index (Phi) is 3.41. The third-order valence-electron chi connectivity index (χ3n) is 4.89. The molecule has 1 atom stereocenters. The first-order valence-corrected chi connectivity index (χ1v) is 8.06. The molecule has 3 aliphatic rings. The number of piperidine rings is 1. The summed E-state index contributed by atoms with van der Waals surface area (Å²) in [5.41, 5.74) is 1.12. The first-order valence-electron chi connectivity index (χ1n) is 8.06. The smallest absolute Gasteiger partial charge is 0.264 e. The minimum absolute atomic E-state index is 0.0747. The number of aldehydes is 1. The molecule has 1 aromatic carbocycles. The van der Waals surface area contributed by atoms with E-state index >= 15 is 0 Å². The van der Waals surface area contributed by atoms with E-state index in [1.807, 2.05) is 4.90 Å². The van der Waals surface area contributed by atoms with Crippen molar-refractivity contribution in [3.63, 3.8) is 0 Å². The van der Waals surface area contributed by atoms with Gasteiger partial charge in [0.25, 0.3) is 11.8 Å². The molecule has 0 saturated carbocycles. The molecule has 0 radical (unpaired) electrons. The highest BCUT2D eigenvalue weighted by atomic mass is 16.2. The Labute approximate surface area is 142 Å². The molecule has 8 nitrogen and oxygen atoms in total. The summed E-state index contributed by atoms with van der Waals surface area (Å²) in [4.78, 5) is 62.6. The zero-order valence-electron chi connectivity index (χ0n) is 13.2. The fraction of sp³-hybridized carbons (Fsp3) is 0.353. The second-order valence-corrected chi connectivity index (χ2v) is 6.45. The Morgan fingerprint density at radius 1 is 1.08 bits per heavy atom. The van der Waals surface area contributed by atoms with Crippen LogP contribution in [0, 0.1) is 5.92 Å². The zero-order chi connectivity index (χ0) is 17.7. The average Bonchev–Trinajstić information content (AvgIpc) is 2.79. The number of amides is 4. The molecule has 2 saturated heterocycles. The van der Waals surface area contributed by atoms with Crippen LogP contribution >= 0.6 is 0 Å². The lowest BCUT2D eigenvalue weighted by molar-refractivity contribution is -0.136. The lowest BCUT2D eigenvalue weighted by atomic mass is 9.98. The fourth-order valence-electron chi connectivity index (χ4n) is 3.56. The molecule has 1 N–H and O–H groups in total. The predicted octanol–water partition coefficient (Wildman–Crippen LogP) is -0.277. The number of anilines is 1. The lowest BCUT2D eigenvalue weighted by Crippen LogP contribution is -2.54. The minimum atomic E-state index is -0.975. The number of nitrogens with one attached hydrogen (secondary N) is 1. The van der Waals surface area contributed by atoms with Crippen LogP contribution in [0.5, 0.6) is 0 Å². The molecular weight excluding hydrogens is 326 g/mol. The molecule has 1 unspecified atom stereocenters. The molecule has 3 heterocycles. The van der Waals surface area contributed by atoms with Crippen molar-refractivity contribution in [2.24, 2.45) is 5.92 Å². The molecule has 3 aliphatic heterocycles. The molecule has 8 heteroatoms. The highest BCUT2D eigenvalue weighted by Gasteiger charge is 2.46. The Balaban J connectivity index is 1.67. The molecule has 25 heavy (non-hydrogen) atoms. The van der Waals surface area contributed by atoms with Crippen LogP contribution < -0.4 is 10.2 Å². The summed E-state index contributed by atoms with van der Waals surface area (Å²) in [6.07, 6.45) is 1.09. The van der Waals surface area contributed by atoms with E-state index in [-0.39, 0.29) is 29.9 Å². The van der Waals surface area contributed by atoms with Gasteiger partial charge in [-0.3, -0.25) is 29.4 Å². The quantitative estimate of drug-likeness (QED) is 0.599. The van der Waals surface area contributed by atoms with Gasteiger partial charge in [-0.2, -0.15) is 0 Å². The van der Waals surface area contributed by atoms with Crippen molar-refractivity contribution in [2.75, 3.05) is 18.0 Å². The minimum Gasteiger partial charge on any atom is -0.369 e. The van der Waals surface area contributed by atoms with Gasteiger partial charge in [0, 0.05) is 25.4 Å². The van der Waals surface area contributed by atoms with Gasteiger partial charge in [0.2, 0.25) is 11.8 Å². The lowest BCUT2D eigenvalue weighted by Gasteiger charge is -2.39. The summed E-state index contributed by atoms with van der Waals surface area (Å²) in [6, 6.07) is 4.00. The summed E-state index contributed by atoms with van der Waals surface area (Å²) in [7, 11) is 0. The Bertz CT molecular complexity index is 828. The summed E-state index contributed by atoms with van der Waals surface area (Å²) < 4.78 is 0. The number of rotatable bonds is 3. The number of imide groups is 2. The van der Waals surface area contributed by atoms with Gasteiger partial charge in [-0.05, 0) is 18.6 Å². The molecule has 4 amide bonds. The number of nitrogens with zero attached hydrogens (tertiary/aromatic N) is 2. The SMILES string of the molecule is O=CC1CN(c2cccc3c2C(=O)N(C2CCC(=O)NC2=O)C3=O)C1. The summed E-state index contributed by atoms with van der Waals surface area (Å²) in [5.74, 6) is -2.16. The number of fused-ring (bicyclic) bond motifs is 1. The first kappa shape index (κ1) is 15.5. The van der Waals surface area contributed by atoms with Crippen LogP contribution in [0.4, 0.5) is 5.69 Å². The zero-order valence-corrected chi connectivity index (χ0v) is 13.2. The van der Waals surface area contributed by atoms with Crippen LogP contribution in [0.3, 0.4) is 0 Å². The number of hydrogen-bond donors (Lipinski definition) is 1. The third-order valence-corrected chi connectivity index (χ3v) is 4.89. The predicted molar refractivity (Wildman–Crippen MR) is 84.9 cm³/mol. The van der Waals surface area contributed by atoms with E-state index < -0.39 is 29.7 Å². The van der Waals surface area contributed by atoms with Crippen LogP contribution in [0.25, 0.3) is 0 Å². The van der Waals surface area contributed by atoms with Crippen LogP contribution in [-0.2, 0) is 14.4 Å². The van der Waals surface area contributed by atoms with Crippen LogP contribution in [0.1, 0.15) is 33.6 Å². The van der Waals surface area contributed by atoms with Crippen LogP contribution in [0.2, 0.25) is 0 Å². The van der Waals surface area contributed by atoms with E-state index in [1.54, 1.807) is 18.2 Å². The number of carbonyl (C=O) groups is 5. The second-order valence-electron chi connectivity index (χ2n) is 6.45. The van der Waals surface area contributed by atoms with Crippen molar-refractivity contribution in [1.82, 2.24) is 10.2 Å². The van der Waals surface area contributed by atoms with Crippen molar-refractivity contribution in [2.45, 2.75) is 18.9 Å². The van der Waals surface area contributed by atoms with Gasteiger partial charge in [0.15, 0.2) is 0 Å². The monoisotopic (exact) mass is 341 g/mol. The molecular formula is C17H15N3O5. The molecule has 0 bridgehead atoms. The molecule has 2 fully saturated rings. The highest BCUT2D eigenvalue weighted by Crippen LogP contribution is 2.36. The normalized spacial score (nSPS) is 23.4. The number of hydrogen-bond acceptors (Lipinski definition) is 6. The number of carbonyl (C=O) groups excluding carboxylic acids is 5. The molecule has 1 aromatic rings. The van der Waals surface area contributed by atoms with Crippen molar-refractivity contribution >= 4 is 35.6 Å². The highest BCUT2D eigenvalue weighted by molar-refractivity contribution is 6.25. The van der Waals surface area contributed by atoms with Crippen molar-refractivity contribution in [3.8, 4) is 0 Å². The molecule has 4 rings (SSSR count). The third kappa shape index (κ3) is 2.25. The van der Waals surface area contributed by atoms with E-state index in [0.717, 1.165) is 11.2 Å². The van der Waals surface area contributed by atoms with Crippen LogP contribution in [-0.4, -0.2) is 53.9 Å². The molecule has 128 valence electrons. The van der Waals surface area contributed by atoms with Gasteiger partial charge in [-0.25, -0.2) is 0 Å². The maximum Gasteiger partial charge on any atom is 0.264 e. The average molecular weight is 341 g/mol. The van der Waals surface area contributed by atoms with Gasteiger partial charge >= 0.3 is 0 Å². The Hall–Kier alpha value is -3.03. The Morgan fingerprint density at radius 3 is 2.52 bits per heavy atom. The standard InChI is InChI=1S/C17H15N3O5/c21-8-9-6-19(7-9)11-3-1-2-10-14(11)17(25)20(16(10)24)12-4-5-13(22)18-15(12)23/h1-3,8-9,12H,4-7H2,(H,18,22,23). The number of benzene rings is 1. The molecule has 0 aliphatic carbocycles. The van der Waals surface area contributed by atoms with E-state index in [0.29, 0.717) is 18.8 Å². The molecule has 0 aromatic heterocycles. The van der Waals surface area contributed by atoms with E-state index in [2.05, 4.69) is 5.32 Å². The van der Waals surface area contributed by atoms with Gasteiger partial charge in [-0.15, -0.1) is 0 Å². The van der Waals surface area contributed by atoms with Crippen molar-refractivity contribution in [1.29, 1.82) is 0 Å². The fourth-order valence-corrected chi connectivity index (χ4v) is 3.56. The van der Waals surface area contributed by atoms with Crippen molar-refractivity contribution < 1.29 is 24.0 Å². The van der Waals surface area contributed by atoms with Gasteiger partial charge in [0.05, 0.1) is 16.8 Å². The van der Waals surface area contributed by atoms with E-state index in [9.17, 15) is 24.0 Å². The van der Waals surface area contributed by atoms with Crippen LogP contribution in [0.15, 0.2) is 18.2 Å². The first-order chi connectivity index (χ1) is 12.0. The molecule has 0 spiro atoms. The van der Waals surface area contributed by atoms with Gasteiger partial charge in [0.1, 0.15) is 12.3 Å². The van der Waals surface area contributed by atoms with Gasteiger partial charge < -0.3 is 9.69 Å². The maximum atomic E-state index is 12.9. The van der Waals surface area contributed by atoms with Crippen molar-refractivity contribution in [3.05, 3.63) is 29.3 Å². The topological polar surface area (TPSA) is 104 Å². The summed E-state index contributed by atoms with van der Waals surface area (Å²) in [5, 5.41) is 2.17. The van der Waals surface area contributed by atoms with E-state index in [4.69, 9.17) is 0 Å². The summed E-state index contributed by atoms with van der Waals surface area (Å²) >= 11 is 0. The largest absolute Gasteiger partial charge is 0.369 e. The maximum absolute atomic E-state index is 12.9. The second kappa shape index (κ2) is 5.51. The summed E-state index contributed by atoms with van der Waals surface area (Å²) in [6.45, 7) is 1.000. The Morgan fingerprint density at radius 2 is 1.84 bits per heavy atom. The van der Waals surface area contributed by atoms with Gasteiger partial charge in [-0.1, -0.05) is 6.07 Å². The van der Waals surface area contributed by atoms with E-state index in [1.165, 1.54) is 0 Å².